The summed E-state index contributed by atoms with van der Waals surface area (Å²) in [6.45, 7) is 4.82. The van der Waals surface area contributed by atoms with Crippen LogP contribution in [0.5, 0.6) is 5.75 Å². The van der Waals surface area contributed by atoms with Gasteiger partial charge in [-0.05, 0) is 31.5 Å². The van der Waals surface area contributed by atoms with E-state index in [2.05, 4.69) is 12.2 Å². The summed E-state index contributed by atoms with van der Waals surface area (Å²) < 4.78 is 10.7. The molecule has 1 heterocycles. The molecule has 1 atom stereocenters. The number of carbonyl (C=O) groups excluding carboxylic acids is 2. The van der Waals surface area contributed by atoms with Crippen LogP contribution in [0.25, 0.3) is 0 Å². The zero-order valence-electron chi connectivity index (χ0n) is 14.6. The van der Waals surface area contributed by atoms with Crippen LogP contribution in [-0.4, -0.2) is 31.0 Å². The molecule has 1 aliphatic rings. The summed E-state index contributed by atoms with van der Waals surface area (Å²) in [5.41, 5.74) is 1.12. The van der Waals surface area contributed by atoms with Crippen molar-refractivity contribution in [1.29, 1.82) is 0 Å². The van der Waals surface area contributed by atoms with Gasteiger partial charge in [0.2, 0.25) is 5.91 Å². The van der Waals surface area contributed by atoms with Crippen molar-refractivity contribution >= 4 is 17.4 Å². The van der Waals surface area contributed by atoms with E-state index < -0.39 is 0 Å². The van der Waals surface area contributed by atoms with Gasteiger partial charge in [-0.1, -0.05) is 32.6 Å². The number of ketones is 1. The van der Waals surface area contributed by atoms with Gasteiger partial charge in [-0.3, -0.25) is 9.59 Å². The molecule has 132 valence electrons. The lowest BCUT2D eigenvalue weighted by Gasteiger charge is -2.11. The Morgan fingerprint density at radius 2 is 2.00 bits per heavy atom. The Hall–Kier alpha value is -1.88. The van der Waals surface area contributed by atoms with Crippen LogP contribution in [0.15, 0.2) is 18.2 Å². The first-order chi connectivity index (χ1) is 11.6. The highest BCUT2D eigenvalue weighted by molar-refractivity contribution is 5.99. The molecule has 2 rings (SSSR count). The third-order valence-electron chi connectivity index (χ3n) is 3.98. The van der Waals surface area contributed by atoms with E-state index in [1.165, 1.54) is 26.2 Å². The molecular weight excluding hydrogens is 306 g/mol. The SMILES string of the molecule is CCCCCCCC(=O)Nc1ccc(OCC2CO2)c(C(C)=O)c1. The molecule has 0 saturated carbocycles. The lowest BCUT2D eigenvalue weighted by Crippen LogP contribution is -2.12. The van der Waals surface area contributed by atoms with E-state index in [1.54, 1.807) is 18.2 Å². The standard InChI is InChI=1S/C19H27NO4/c1-3-4-5-6-7-8-19(22)20-15-9-10-18(17(11-15)14(2)21)24-13-16-12-23-16/h9-11,16H,3-8,12-13H2,1-2H3,(H,20,22). The van der Waals surface area contributed by atoms with Gasteiger partial charge in [0, 0.05) is 12.1 Å². The van der Waals surface area contributed by atoms with Crippen molar-refractivity contribution in [2.24, 2.45) is 0 Å². The van der Waals surface area contributed by atoms with Gasteiger partial charge in [-0.2, -0.15) is 0 Å². The lowest BCUT2D eigenvalue weighted by molar-refractivity contribution is -0.116. The molecule has 1 amide bonds. The smallest absolute Gasteiger partial charge is 0.224 e. The Bertz CT molecular complexity index is 566. The van der Waals surface area contributed by atoms with Crippen molar-refractivity contribution in [3.8, 4) is 5.75 Å². The van der Waals surface area contributed by atoms with Gasteiger partial charge in [0.15, 0.2) is 5.78 Å². The molecule has 1 aromatic rings. The number of anilines is 1. The van der Waals surface area contributed by atoms with Gasteiger partial charge in [0.25, 0.3) is 0 Å². The Balaban J connectivity index is 1.86. The van der Waals surface area contributed by atoms with E-state index in [4.69, 9.17) is 9.47 Å². The fourth-order valence-corrected chi connectivity index (χ4v) is 2.47. The summed E-state index contributed by atoms with van der Waals surface area (Å²) in [5.74, 6) is 0.439. The normalized spacial score (nSPS) is 15.8. The van der Waals surface area contributed by atoms with Gasteiger partial charge in [-0.25, -0.2) is 0 Å². The van der Waals surface area contributed by atoms with Gasteiger partial charge >= 0.3 is 0 Å². The predicted octanol–water partition coefficient (Wildman–Crippen LogP) is 3.97. The average molecular weight is 333 g/mol. The Labute approximate surface area is 143 Å². The van der Waals surface area contributed by atoms with Gasteiger partial charge in [0.05, 0.1) is 12.2 Å². The van der Waals surface area contributed by atoms with Crippen LogP contribution in [0.4, 0.5) is 5.69 Å². The van der Waals surface area contributed by atoms with Crippen molar-refractivity contribution < 1.29 is 19.1 Å². The first-order valence-electron chi connectivity index (χ1n) is 8.79. The maximum atomic E-state index is 12.0. The fourth-order valence-electron chi connectivity index (χ4n) is 2.47. The molecule has 1 aromatic carbocycles. The molecule has 0 radical (unpaired) electrons. The number of nitrogens with one attached hydrogen (secondary N) is 1. The van der Waals surface area contributed by atoms with Gasteiger partial charge < -0.3 is 14.8 Å². The molecule has 1 unspecified atom stereocenters. The monoisotopic (exact) mass is 333 g/mol. The second-order valence-electron chi connectivity index (χ2n) is 6.25. The van der Waals surface area contributed by atoms with Gasteiger partial charge in [0.1, 0.15) is 18.5 Å². The second-order valence-corrected chi connectivity index (χ2v) is 6.25. The van der Waals surface area contributed by atoms with E-state index >= 15 is 0 Å². The van der Waals surface area contributed by atoms with Crippen LogP contribution in [0.2, 0.25) is 0 Å². The third-order valence-corrected chi connectivity index (χ3v) is 3.98. The first kappa shape index (κ1) is 18.5. The number of carbonyl (C=O) groups is 2. The molecule has 1 saturated heterocycles. The summed E-state index contributed by atoms with van der Waals surface area (Å²) in [4.78, 5) is 23.8. The molecule has 5 nitrogen and oxygen atoms in total. The average Bonchev–Trinajstić information content (AvgIpc) is 3.37. The topological polar surface area (TPSA) is 67.9 Å². The third kappa shape index (κ3) is 6.32. The molecule has 24 heavy (non-hydrogen) atoms. The minimum Gasteiger partial charge on any atom is -0.490 e. The number of benzene rings is 1. The van der Waals surface area contributed by atoms with Crippen LogP contribution < -0.4 is 10.1 Å². The molecule has 0 aliphatic carbocycles. The van der Waals surface area contributed by atoms with E-state index in [0.717, 1.165) is 12.8 Å². The maximum absolute atomic E-state index is 12.0. The van der Waals surface area contributed by atoms with Gasteiger partial charge in [-0.15, -0.1) is 0 Å². The van der Waals surface area contributed by atoms with Crippen molar-refractivity contribution in [3.05, 3.63) is 23.8 Å². The minimum absolute atomic E-state index is 0.0129. The maximum Gasteiger partial charge on any atom is 0.224 e. The highest BCUT2D eigenvalue weighted by Crippen LogP contribution is 2.25. The highest BCUT2D eigenvalue weighted by Gasteiger charge is 2.24. The van der Waals surface area contributed by atoms with Crippen molar-refractivity contribution in [3.63, 3.8) is 0 Å². The Morgan fingerprint density at radius 1 is 1.25 bits per heavy atom. The number of unbranched alkanes of at least 4 members (excludes halogenated alkanes) is 4. The van der Waals surface area contributed by atoms with Crippen molar-refractivity contribution in [1.82, 2.24) is 0 Å². The molecule has 0 spiro atoms. The summed E-state index contributed by atoms with van der Waals surface area (Å²) in [6, 6.07) is 5.18. The molecule has 1 aliphatic heterocycles. The van der Waals surface area contributed by atoms with Crippen LogP contribution in [0.3, 0.4) is 0 Å². The number of amides is 1. The lowest BCUT2D eigenvalue weighted by atomic mass is 10.1. The number of rotatable bonds is 11. The number of ether oxygens (including phenoxy) is 2. The molecular formula is C19H27NO4. The predicted molar refractivity (Wildman–Crippen MR) is 93.7 cm³/mol. The van der Waals surface area contributed by atoms with Crippen molar-refractivity contribution in [2.45, 2.75) is 58.5 Å². The largest absolute Gasteiger partial charge is 0.490 e. The zero-order chi connectivity index (χ0) is 17.4. The highest BCUT2D eigenvalue weighted by atomic mass is 16.6. The molecule has 0 bridgehead atoms. The number of Topliss-reactive ketones (excluding diaryl/α,β-unsaturated/α-hetero) is 1. The van der Waals surface area contributed by atoms with Crippen LogP contribution >= 0.6 is 0 Å². The summed E-state index contributed by atoms with van der Waals surface area (Å²) in [5, 5.41) is 2.86. The Morgan fingerprint density at radius 3 is 2.67 bits per heavy atom. The number of hydrogen-bond acceptors (Lipinski definition) is 4. The van der Waals surface area contributed by atoms with E-state index in [-0.39, 0.29) is 17.8 Å². The van der Waals surface area contributed by atoms with Crippen molar-refractivity contribution in [2.75, 3.05) is 18.5 Å². The fraction of sp³-hybridized carbons (Fsp3) is 0.579. The van der Waals surface area contributed by atoms with E-state index in [0.29, 0.717) is 36.6 Å². The Kier molecular flexibility index (Phi) is 7.25. The quantitative estimate of drug-likeness (QED) is 0.378. The van der Waals surface area contributed by atoms with E-state index in [1.807, 2.05) is 0 Å². The molecule has 1 N–H and O–H groups in total. The van der Waals surface area contributed by atoms with Crippen LogP contribution in [0, 0.1) is 0 Å². The molecule has 5 heteroatoms. The molecule has 1 fully saturated rings. The second kappa shape index (κ2) is 9.42. The van der Waals surface area contributed by atoms with E-state index in [9.17, 15) is 9.59 Å². The summed E-state index contributed by atoms with van der Waals surface area (Å²) in [6.07, 6.45) is 6.21. The number of hydrogen-bond donors (Lipinski definition) is 1. The number of epoxide rings is 1. The minimum atomic E-state index is -0.0858. The summed E-state index contributed by atoms with van der Waals surface area (Å²) in [7, 11) is 0. The zero-order valence-corrected chi connectivity index (χ0v) is 14.6. The molecule has 0 aromatic heterocycles. The van der Waals surface area contributed by atoms with Crippen LogP contribution in [0.1, 0.15) is 62.7 Å². The first-order valence-corrected chi connectivity index (χ1v) is 8.79. The summed E-state index contributed by atoms with van der Waals surface area (Å²) >= 11 is 0. The van der Waals surface area contributed by atoms with Crippen LogP contribution in [-0.2, 0) is 9.53 Å².